The number of amides is 3. The number of aryl methyl sites for hydroxylation is 2. The number of aromatic nitrogens is 1. The van der Waals surface area contributed by atoms with Gasteiger partial charge in [0.05, 0.1) is 6.54 Å². The van der Waals surface area contributed by atoms with Gasteiger partial charge < -0.3 is 9.88 Å². The molecule has 0 aliphatic carbocycles. The quantitative estimate of drug-likeness (QED) is 0.539. The molecule has 3 amide bonds. The van der Waals surface area contributed by atoms with Gasteiger partial charge in [0.25, 0.3) is 5.91 Å². The Morgan fingerprint density at radius 1 is 1.24 bits per heavy atom. The number of thioether (sulfide) groups is 1. The van der Waals surface area contributed by atoms with Crippen molar-refractivity contribution < 1.29 is 14.4 Å². The van der Waals surface area contributed by atoms with E-state index in [1.54, 1.807) is 11.8 Å². The highest BCUT2D eigenvalue weighted by Gasteiger charge is 2.53. The fraction of sp³-hybridized carbons (Fsp3) is 0.381. The van der Waals surface area contributed by atoms with E-state index >= 15 is 0 Å². The molecular formula is C21H22BrN3O3S. The summed E-state index contributed by atoms with van der Waals surface area (Å²) in [6, 6.07) is 7.39. The molecule has 1 N–H and O–H groups in total. The average molecular weight is 476 g/mol. The van der Waals surface area contributed by atoms with Crippen molar-refractivity contribution in [2.45, 2.75) is 32.7 Å². The molecule has 0 saturated carbocycles. The minimum Gasteiger partial charge on any atom is -0.322 e. The zero-order valence-corrected chi connectivity index (χ0v) is 18.9. The predicted octanol–water partition coefficient (Wildman–Crippen LogP) is 3.78. The highest BCUT2D eigenvalue weighted by molar-refractivity contribution is 9.10. The van der Waals surface area contributed by atoms with E-state index in [0.29, 0.717) is 17.7 Å². The van der Waals surface area contributed by atoms with E-state index in [-0.39, 0.29) is 18.2 Å². The Labute approximate surface area is 182 Å². The van der Waals surface area contributed by atoms with Gasteiger partial charge in [-0.15, -0.1) is 0 Å². The lowest BCUT2D eigenvalue weighted by atomic mass is 9.99. The summed E-state index contributed by atoms with van der Waals surface area (Å²) in [5.41, 5.74) is 3.50. The van der Waals surface area contributed by atoms with E-state index in [2.05, 4.69) is 27.3 Å². The molecule has 0 bridgehead atoms. The summed E-state index contributed by atoms with van der Waals surface area (Å²) in [7, 11) is 0. The molecule has 152 valence electrons. The fourth-order valence-electron chi connectivity index (χ4n) is 4.09. The molecule has 1 spiro atoms. The Hall–Kier alpha value is -2.06. The topological polar surface area (TPSA) is 71.4 Å². The summed E-state index contributed by atoms with van der Waals surface area (Å²) in [4.78, 5) is 39.3. The van der Waals surface area contributed by atoms with Gasteiger partial charge in [-0.05, 0) is 62.8 Å². The van der Waals surface area contributed by atoms with Crippen LogP contribution < -0.4 is 5.32 Å². The molecule has 1 atom stereocenters. The van der Waals surface area contributed by atoms with Gasteiger partial charge in [0, 0.05) is 32.9 Å². The first-order chi connectivity index (χ1) is 13.7. The number of Topliss-reactive ketones (excluding diaryl/α,β-unsaturated/α-hetero) is 1. The SMILES string of the molecule is Cc1cc(-n2c(C)cc(C(=O)CN3C(=O)NC4(CCSC4)C3=O)c2C)ccc1Br. The first-order valence-electron chi connectivity index (χ1n) is 9.44. The third kappa shape index (κ3) is 3.32. The van der Waals surface area contributed by atoms with Gasteiger partial charge in [-0.3, -0.25) is 14.5 Å². The van der Waals surface area contributed by atoms with Gasteiger partial charge in [0.2, 0.25) is 0 Å². The van der Waals surface area contributed by atoms with E-state index in [9.17, 15) is 14.4 Å². The number of benzene rings is 1. The third-order valence-corrected chi connectivity index (χ3v) is 7.78. The van der Waals surface area contributed by atoms with Crippen molar-refractivity contribution in [3.63, 3.8) is 0 Å². The number of imide groups is 1. The van der Waals surface area contributed by atoms with Gasteiger partial charge >= 0.3 is 6.03 Å². The predicted molar refractivity (Wildman–Crippen MR) is 117 cm³/mol. The van der Waals surface area contributed by atoms with Crippen LogP contribution in [0.4, 0.5) is 4.79 Å². The second-order valence-electron chi connectivity index (χ2n) is 7.68. The second kappa shape index (κ2) is 7.32. The van der Waals surface area contributed by atoms with Crippen LogP contribution in [-0.4, -0.2) is 50.8 Å². The zero-order valence-electron chi connectivity index (χ0n) is 16.5. The highest BCUT2D eigenvalue weighted by atomic mass is 79.9. The second-order valence-corrected chi connectivity index (χ2v) is 9.64. The van der Waals surface area contributed by atoms with Gasteiger partial charge in [-0.2, -0.15) is 11.8 Å². The van der Waals surface area contributed by atoms with Crippen LogP contribution in [0, 0.1) is 20.8 Å². The van der Waals surface area contributed by atoms with Crippen LogP contribution in [0.2, 0.25) is 0 Å². The number of nitrogens with zero attached hydrogens (tertiary/aromatic N) is 2. The normalized spacial score (nSPS) is 21.3. The molecule has 2 aliphatic heterocycles. The molecular weight excluding hydrogens is 454 g/mol. The maximum Gasteiger partial charge on any atom is 0.325 e. The maximum absolute atomic E-state index is 13.0. The van der Waals surface area contributed by atoms with Gasteiger partial charge in [0.1, 0.15) is 5.54 Å². The van der Waals surface area contributed by atoms with Crippen LogP contribution in [0.5, 0.6) is 0 Å². The molecule has 2 saturated heterocycles. The summed E-state index contributed by atoms with van der Waals surface area (Å²) < 4.78 is 3.05. The number of hydrogen-bond acceptors (Lipinski definition) is 4. The summed E-state index contributed by atoms with van der Waals surface area (Å²) >= 11 is 5.16. The summed E-state index contributed by atoms with van der Waals surface area (Å²) in [6.07, 6.45) is 0.615. The molecule has 1 unspecified atom stereocenters. The van der Waals surface area contributed by atoms with Crippen LogP contribution >= 0.6 is 27.7 Å². The lowest BCUT2D eigenvalue weighted by molar-refractivity contribution is -0.130. The molecule has 2 aliphatic rings. The lowest BCUT2D eigenvalue weighted by Gasteiger charge is -2.19. The van der Waals surface area contributed by atoms with E-state index in [4.69, 9.17) is 0 Å². The van der Waals surface area contributed by atoms with Crippen molar-refractivity contribution >= 4 is 45.4 Å². The van der Waals surface area contributed by atoms with Crippen LogP contribution in [-0.2, 0) is 4.79 Å². The maximum atomic E-state index is 13.0. The molecule has 1 aromatic heterocycles. The lowest BCUT2D eigenvalue weighted by Crippen LogP contribution is -2.47. The van der Waals surface area contributed by atoms with Crippen LogP contribution in [0.25, 0.3) is 5.69 Å². The van der Waals surface area contributed by atoms with Crippen LogP contribution in [0.3, 0.4) is 0 Å². The standard InChI is InChI=1S/C21H22BrN3O3S/c1-12-8-15(4-5-17(12)22)25-13(2)9-16(14(25)3)18(26)10-24-19(27)21(23-20(24)28)6-7-29-11-21/h4-5,8-9H,6-7,10-11H2,1-3H3,(H,23,28). The number of ketones is 1. The summed E-state index contributed by atoms with van der Waals surface area (Å²) in [5.74, 6) is 0.893. The fourth-order valence-corrected chi connectivity index (χ4v) is 5.66. The summed E-state index contributed by atoms with van der Waals surface area (Å²) in [6.45, 7) is 5.61. The van der Waals surface area contributed by atoms with Gasteiger partial charge in [-0.25, -0.2) is 4.79 Å². The minimum absolute atomic E-state index is 0.232. The van der Waals surface area contributed by atoms with E-state index < -0.39 is 11.6 Å². The molecule has 2 fully saturated rings. The Bertz CT molecular complexity index is 1040. The van der Waals surface area contributed by atoms with Crippen molar-refractivity contribution in [2.75, 3.05) is 18.1 Å². The Morgan fingerprint density at radius 2 is 2.00 bits per heavy atom. The Balaban J connectivity index is 1.61. The number of carbonyl (C=O) groups excluding carboxylic acids is 3. The van der Waals surface area contributed by atoms with Gasteiger partial charge in [0.15, 0.2) is 5.78 Å². The number of carbonyl (C=O) groups is 3. The van der Waals surface area contributed by atoms with Crippen molar-refractivity contribution in [3.8, 4) is 5.69 Å². The van der Waals surface area contributed by atoms with Crippen LogP contribution in [0.1, 0.15) is 33.7 Å². The number of nitrogens with one attached hydrogen (secondary N) is 1. The Morgan fingerprint density at radius 3 is 2.66 bits per heavy atom. The van der Waals surface area contributed by atoms with Gasteiger partial charge in [-0.1, -0.05) is 15.9 Å². The molecule has 2 aromatic rings. The van der Waals surface area contributed by atoms with Crippen molar-refractivity contribution in [1.82, 2.24) is 14.8 Å². The smallest absolute Gasteiger partial charge is 0.322 e. The van der Waals surface area contributed by atoms with Crippen molar-refractivity contribution in [1.29, 1.82) is 0 Å². The van der Waals surface area contributed by atoms with Crippen molar-refractivity contribution in [3.05, 3.63) is 51.3 Å². The number of halogens is 1. The zero-order chi connectivity index (χ0) is 20.9. The number of hydrogen-bond donors (Lipinski definition) is 1. The highest BCUT2D eigenvalue weighted by Crippen LogP contribution is 2.33. The molecule has 3 heterocycles. The third-order valence-electron chi connectivity index (χ3n) is 5.70. The molecule has 6 nitrogen and oxygen atoms in total. The largest absolute Gasteiger partial charge is 0.325 e. The first kappa shape index (κ1) is 20.2. The molecule has 29 heavy (non-hydrogen) atoms. The van der Waals surface area contributed by atoms with E-state index in [0.717, 1.165) is 37.8 Å². The van der Waals surface area contributed by atoms with Crippen LogP contribution in [0.15, 0.2) is 28.7 Å². The van der Waals surface area contributed by atoms with E-state index in [1.165, 1.54) is 0 Å². The molecule has 1 aromatic carbocycles. The molecule has 4 rings (SSSR count). The number of rotatable bonds is 4. The Kier molecular flexibility index (Phi) is 5.11. The summed E-state index contributed by atoms with van der Waals surface area (Å²) in [5, 5.41) is 2.81. The number of urea groups is 1. The molecule has 0 radical (unpaired) electrons. The monoisotopic (exact) mass is 475 g/mol. The average Bonchev–Trinajstić information content (AvgIpc) is 3.32. The molecule has 8 heteroatoms. The first-order valence-corrected chi connectivity index (χ1v) is 11.4. The van der Waals surface area contributed by atoms with Crippen molar-refractivity contribution in [2.24, 2.45) is 0 Å². The van der Waals surface area contributed by atoms with E-state index in [1.807, 2.05) is 43.5 Å². The minimum atomic E-state index is -0.826.